The van der Waals surface area contributed by atoms with Crippen LogP contribution in [-0.2, 0) is 9.53 Å². The molecule has 5 nitrogen and oxygen atoms in total. The Morgan fingerprint density at radius 2 is 1.96 bits per heavy atom. The van der Waals surface area contributed by atoms with E-state index in [1.807, 2.05) is 19.9 Å². The molecule has 0 unspecified atom stereocenters. The molecule has 1 N–H and O–H groups in total. The number of benzene rings is 1. The summed E-state index contributed by atoms with van der Waals surface area (Å²) in [5, 5.41) is 3.04. The third-order valence-electron chi connectivity index (χ3n) is 3.46. The number of hydrogen-bond donors (Lipinski definition) is 1. The van der Waals surface area contributed by atoms with Gasteiger partial charge in [0.2, 0.25) is 0 Å². The standard InChI is InChI=1S/C17H17ClN2O3/c1-10-5-4-6-14(11(10)2)17(22)23-12(3)16(21)20-15-8-7-13(18)9-19-15/h4-9,12H,1-3H3,(H,19,20,21)/t12-/m0/s1. The molecule has 1 aromatic heterocycles. The van der Waals surface area contributed by atoms with Crippen molar-refractivity contribution in [1.29, 1.82) is 0 Å². The molecule has 1 atom stereocenters. The molecule has 23 heavy (non-hydrogen) atoms. The molecular formula is C17H17ClN2O3. The van der Waals surface area contributed by atoms with E-state index in [-0.39, 0.29) is 0 Å². The number of anilines is 1. The number of ether oxygens (including phenoxy) is 1. The van der Waals surface area contributed by atoms with Crippen LogP contribution in [-0.4, -0.2) is 23.0 Å². The SMILES string of the molecule is Cc1cccc(C(=O)O[C@@H](C)C(=O)Nc2ccc(Cl)cn2)c1C. The zero-order chi connectivity index (χ0) is 17.0. The van der Waals surface area contributed by atoms with E-state index >= 15 is 0 Å². The van der Waals surface area contributed by atoms with Crippen molar-refractivity contribution in [3.63, 3.8) is 0 Å². The minimum atomic E-state index is -0.945. The van der Waals surface area contributed by atoms with Crippen LogP contribution in [0.3, 0.4) is 0 Å². The molecule has 2 rings (SSSR count). The van der Waals surface area contributed by atoms with E-state index in [0.717, 1.165) is 11.1 Å². The molecule has 1 aromatic carbocycles. The summed E-state index contributed by atoms with van der Waals surface area (Å²) >= 11 is 5.73. The quantitative estimate of drug-likeness (QED) is 0.869. The van der Waals surface area contributed by atoms with E-state index in [4.69, 9.17) is 16.3 Å². The number of carbonyl (C=O) groups excluding carboxylic acids is 2. The molecular weight excluding hydrogens is 316 g/mol. The molecule has 0 bridgehead atoms. The van der Waals surface area contributed by atoms with E-state index in [0.29, 0.717) is 16.4 Å². The van der Waals surface area contributed by atoms with Gasteiger partial charge < -0.3 is 10.1 Å². The Balaban J connectivity index is 2.01. The van der Waals surface area contributed by atoms with Gasteiger partial charge in [-0.2, -0.15) is 0 Å². The van der Waals surface area contributed by atoms with Crippen LogP contribution >= 0.6 is 11.6 Å². The van der Waals surface area contributed by atoms with Gasteiger partial charge in [-0.15, -0.1) is 0 Å². The number of esters is 1. The average molecular weight is 333 g/mol. The van der Waals surface area contributed by atoms with E-state index in [1.165, 1.54) is 13.1 Å². The second-order valence-electron chi connectivity index (χ2n) is 5.15. The Hall–Kier alpha value is -2.40. The van der Waals surface area contributed by atoms with Gasteiger partial charge >= 0.3 is 5.97 Å². The van der Waals surface area contributed by atoms with Crippen molar-refractivity contribution < 1.29 is 14.3 Å². The van der Waals surface area contributed by atoms with Gasteiger partial charge in [0.05, 0.1) is 10.6 Å². The Bertz CT molecular complexity index is 729. The molecule has 1 amide bonds. The highest BCUT2D eigenvalue weighted by Gasteiger charge is 2.20. The average Bonchev–Trinajstić information content (AvgIpc) is 2.52. The van der Waals surface area contributed by atoms with Crippen molar-refractivity contribution >= 4 is 29.3 Å². The van der Waals surface area contributed by atoms with Crippen LogP contribution in [0.25, 0.3) is 0 Å². The summed E-state index contributed by atoms with van der Waals surface area (Å²) in [6.07, 6.45) is 0.476. The molecule has 0 fully saturated rings. The highest BCUT2D eigenvalue weighted by Crippen LogP contribution is 2.15. The summed E-state index contributed by atoms with van der Waals surface area (Å²) in [7, 11) is 0. The number of nitrogens with zero attached hydrogens (tertiary/aromatic N) is 1. The highest BCUT2D eigenvalue weighted by molar-refractivity contribution is 6.30. The van der Waals surface area contributed by atoms with Crippen LogP contribution in [0.15, 0.2) is 36.5 Å². The Morgan fingerprint density at radius 1 is 1.22 bits per heavy atom. The first kappa shape index (κ1) is 17.0. The second kappa shape index (κ2) is 7.24. The van der Waals surface area contributed by atoms with Crippen molar-refractivity contribution in [1.82, 2.24) is 4.98 Å². The lowest BCUT2D eigenvalue weighted by atomic mass is 10.0. The van der Waals surface area contributed by atoms with Gasteiger partial charge in [0, 0.05) is 6.20 Å². The summed E-state index contributed by atoms with van der Waals surface area (Å²) in [4.78, 5) is 28.2. The van der Waals surface area contributed by atoms with Crippen molar-refractivity contribution in [2.24, 2.45) is 0 Å². The normalized spacial score (nSPS) is 11.7. The number of pyridine rings is 1. The van der Waals surface area contributed by atoms with Crippen LogP contribution in [0.1, 0.15) is 28.4 Å². The zero-order valence-corrected chi connectivity index (χ0v) is 13.8. The first-order chi connectivity index (χ1) is 10.9. The molecule has 1 heterocycles. The van der Waals surface area contributed by atoms with Gasteiger partial charge in [-0.05, 0) is 50.1 Å². The van der Waals surface area contributed by atoms with Gasteiger partial charge in [0.1, 0.15) is 5.82 Å². The van der Waals surface area contributed by atoms with Crippen LogP contribution in [0.4, 0.5) is 5.82 Å². The highest BCUT2D eigenvalue weighted by atomic mass is 35.5. The summed E-state index contributed by atoms with van der Waals surface area (Å²) in [5.74, 6) is -0.648. The van der Waals surface area contributed by atoms with Crippen LogP contribution < -0.4 is 5.32 Å². The Kier molecular flexibility index (Phi) is 5.34. The van der Waals surface area contributed by atoms with Crippen LogP contribution in [0.2, 0.25) is 5.02 Å². The second-order valence-corrected chi connectivity index (χ2v) is 5.58. The van der Waals surface area contributed by atoms with Crippen molar-refractivity contribution in [3.05, 3.63) is 58.2 Å². The lowest BCUT2D eigenvalue weighted by Crippen LogP contribution is -2.30. The minimum absolute atomic E-state index is 0.342. The molecule has 0 aliphatic rings. The first-order valence-electron chi connectivity index (χ1n) is 7.08. The number of hydrogen-bond acceptors (Lipinski definition) is 4. The summed E-state index contributed by atoms with van der Waals surface area (Å²) in [5.41, 5.74) is 2.28. The predicted octanol–water partition coefficient (Wildman–Crippen LogP) is 3.54. The van der Waals surface area contributed by atoms with E-state index < -0.39 is 18.0 Å². The predicted molar refractivity (Wildman–Crippen MR) is 88.7 cm³/mol. The lowest BCUT2D eigenvalue weighted by Gasteiger charge is -2.14. The molecule has 0 aliphatic heterocycles. The summed E-state index contributed by atoms with van der Waals surface area (Å²) < 4.78 is 5.23. The first-order valence-corrected chi connectivity index (χ1v) is 7.46. The fourth-order valence-electron chi connectivity index (χ4n) is 1.93. The number of aromatic nitrogens is 1. The van der Waals surface area contributed by atoms with Crippen LogP contribution in [0.5, 0.6) is 0 Å². The third kappa shape index (κ3) is 4.29. The van der Waals surface area contributed by atoms with Crippen molar-refractivity contribution in [2.45, 2.75) is 26.9 Å². The molecule has 0 aliphatic carbocycles. The minimum Gasteiger partial charge on any atom is -0.449 e. The monoisotopic (exact) mass is 332 g/mol. The maximum atomic E-state index is 12.2. The van der Waals surface area contributed by atoms with Crippen molar-refractivity contribution in [2.75, 3.05) is 5.32 Å². The van der Waals surface area contributed by atoms with E-state index in [2.05, 4.69) is 10.3 Å². The van der Waals surface area contributed by atoms with E-state index in [9.17, 15) is 9.59 Å². The molecule has 6 heteroatoms. The van der Waals surface area contributed by atoms with Gasteiger partial charge in [0.25, 0.3) is 5.91 Å². The third-order valence-corrected chi connectivity index (χ3v) is 3.68. The lowest BCUT2D eigenvalue weighted by molar-refractivity contribution is -0.123. The molecule has 0 radical (unpaired) electrons. The van der Waals surface area contributed by atoms with E-state index in [1.54, 1.807) is 24.3 Å². The van der Waals surface area contributed by atoms with Crippen molar-refractivity contribution in [3.8, 4) is 0 Å². The number of carbonyl (C=O) groups is 2. The topological polar surface area (TPSA) is 68.3 Å². The summed E-state index contributed by atoms with van der Waals surface area (Å²) in [6.45, 7) is 5.26. The van der Waals surface area contributed by atoms with Gasteiger partial charge in [-0.25, -0.2) is 9.78 Å². The van der Waals surface area contributed by atoms with Crippen LogP contribution in [0, 0.1) is 13.8 Å². The molecule has 120 valence electrons. The number of nitrogens with one attached hydrogen (secondary N) is 1. The number of amides is 1. The number of rotatable bonds is 4. The largest absolute Gasteiger partial charge is 0.449 e. The zero-order valence-electron chi connectivity index (χ0n) is 13.1. The Labute approximate surface area is 139 Å². The number of halogens is 1. The van der Waals surface area contributed by atoms with Gasteiger partial charge in [0.15, 0.2) is 6.10 Å². The smallest absolute Gasteiger partial charge is 0.339 e. The maximum Gasteiger partial charge on any atom is 0.339 e. The molecule has 0 saturated carbocycles. The summed E-state index contributed by atoms with van der Waals surface area (Å²) in [6, 6.07) is 8.54. The maximum absolute atomic E-state index is 12.2. The number of aryl methyl sites for hydroxylation is 1. The Morgan fingerprint density at radius 3 is 2.61 bits per heavy atom. The molecule has 2 aromatic rings. The fraction of sp³-hybridized carbons (Fsp3) is 0.235. The molecule has 0 spiro atoms. The fourth-order valence-corrected chi connectivity index (χ4v) is 2.04. The van der Waals surface area contributed by atoms with Gasteiger partial charge in [-0.3, -0.25) is 4.79 Å². The molecule has 0 saturated heterocycles. The van der Waals surface area contributed by atoms with Gasteiger partial charge in [-0.1, -0.05) is 23.7 Å².